The van der Waals surface area contributed by atoms with E-state index in [-0.39, 0.29) is 5.60 Å². The molecule has 16 heavy (non-hydrogen) atoms. The van der Waals surface area contributed by atoms with Gasteiger partial charge in [0.15, 0.2) is 0 Å². The molecule has 2 unspecified atom stereocenters. The zero-order valence-corrected chi connectivity index (χ0v) is 10.4. The molecule has 1 heterocycles. The van der Waals surface area contributed by atoms with Gasteiger partial charge in [0.1, 0.15) is 5.60 Å². The van der Waals surface area contributed by atoms with E-state index in [2.05, 4.69) is 44.2 Å². The zero-order chi connectivity index (χ0) is 11.4. The van der Waals surface area contributed by atoms with Gasteiger partial charge in [0.25, 0.3) is 0 Å². The zero-order valence-electron chi connectivity index (χ0n) is 10.4. The van der Waals surface area contributed by atoms with E-state index in [9.17, 15) is 0 Å². The topological polar surface area (TPSA) is 12.5 Å². The van der Waals surface area contributed by atoms with Crippen LogP contribution in [0.25, 0.3) is 0 Å². The van der Waals surface area contributed by atoms with Crippen molar-refractivity contribution < 1.29 is 4.74 Å². The molecule has 88 valence electrons. The molecule has 0 aromatic heterocycles. The maximum Gasteiger partial charge on any atom is 0.117 e. The Morgan fingerprint density at radius 3 is 2.56 bits per heavy atom. The highest BCUT2D eigenvalue weighted by atomic mass is 16.6. The van der Waals surface area contributed by atoms with Gasteiger partial charge >= 0.3 is 0 Å². The van der Waals surface area contributed by atoms with Crippen molar-refractivity contribution in [2.45, 2.75) is 57.7 Å². The minimum atomic E-state index is 0.00742. The minimum absolute atomic E-state index is 0.00742. The maximum atomic E-state index is 5.87. The van der Waals surface area contributed by atoms with Gasteiger partial charge in [-0.05, 0) is 18.9 Å². The first-order valence-electron chi connectivity index (χ1n) is 6.50. The number of benzene rings is 1. The molecule has 1 aromatic rings. The lowest BCUT2D eigenvalue weighted by molar-refractivity contribution is 0.307. The third kappa shape index (κ3) is 2.46. The van der Waals surface area contributed by atoms with Crippen LogP contribution in [-0.2, 0) is 10.3 Å². The monoisotopic (exact) mass is 218 g/mol. The lowest BCUT2D eigenvalue weighted by Crippen LogP contribution is -2.07. The molecular formula is C15H22O. The Morgan fingerprint density at radius 1 is 1.12 bits per heavy atom. The van der Waals surface area contributed by atoms with E-state index < -0.39 is 0 Å². The smallest absolute Gasteiger partial charge is 0.117 e. The summed E-state index contributed by atoms with van der Waals surface area (Å²) >= 11 is 0. The Kier molecular flexibility index (Phi) is 3.65. The van der Waals surface area contributed by atoms with Crippen LogP contribution in [0.5, 0.6) is 0 Å². The van der Waals surface area contributed by atoms with Gasteiger partial charge in [-0.1, -0.05) is 62.9 Å². The first-order valence-corrected chi connectivity index (χ1v) is 6.50. The summed E-state index contributed by atoms with van der Waals surface area (Å²) < 4.78 is 5.87. The molecule has 0 amide bonds. The number of ether oxygens (including phenoxy) is 1. The molecule has 0 N–H and O–H groups in total. The van der Waals surface area contributed by atoms with Crippen LogP contribution in [0.15, 0.2) is 30.3 Å². The lowest BCUT2D eigenvalue weighted by atomic mass is 9.94. The second kappa shape index (κ2) is 5.01. The molecule has 1 aromatic carbocycles. The van der Waals surface area contributed by atoms with Crippen LogP contribution in [-0.4, -0.2) is 6.10 Å². The number of unbranched alkanes of at least 4 members (excludes halogenated alkanes) is 3. The molecule has 1 aliphatic heterocycles. The van der Waals surface area contributed by atoms with Crippen molar-refractivity contribution in [3.8, 4) is 0 Å². The summed E-state index contributed by atoms with van der Waals surface area (Å²) in [6.45, 7) is 4.47. The van der Waals surface area contributed by atoms with Gasteiger partial charge in [-0.2, -0.15) is 0 Å². The fourth-order valence-electron chi connectivity index (χ4n) is 2.38. The van der Waals surface area contributed by atoms with Crippen LogP contribution in [0, 0.1) is 0 Å². The Balaban J connectivity index is 1.80. The molecule has 0 saturated carbocycles. The molecule has 0 radical (unpaired) electrons. The van der Waals surface area contributed by atoms with Crippen molar-refractivity contribution in [3.63, 3.8) is 0 Å². The average molecular weight is 218 g/mol. The van der Waals surface area contributed by atoms with Gasteiger partial charge in [-0.15, -0.1) is 0 Å². The van der Waals surface area contributed by atoms with Crippen LogP contribution >= 0.6 is 0 Å². The van der Waals surface area contributed by atoms with Gasteiger partial charge < -0.3 is 4.74 Å². The van der Waals surface area contributed by atoms with E-state index in [1.54, 1.807) is 0 Å². The predicted octanol–water partition coefficient (Wildman–Crippen LogP) is 4.27. The number of hydrogen-bond donors (Lipinski definition) is 0. The standard InChI is InChI=1S/C15H22O/c1-3-4-5-9-12-14-15(2,16-14)13-10-7-6-8-11-13/h6-8,10-11,14H,3-5,9,12H2,1-2H3. The van der Waals surface area contributed by atoms with Crippen molar-refractivity contribution in [1.29, 1.82) is 0 Å². The van der Waals surface area contributed by atoms with E-state index in [0.717, 1.165) is 0 Å². The number of hydrogen-bond acceptors (Lipinski definition) is 1. The quantitative estimate of drug-likeness (QED) is 0.513. The first-order chi connectivity index (χ1) is 7.77. The largest absolute Gasteiger partial charge is 0.361 e. The SMILES string of the molecule is CCCCCCC1OC1(C)c1ccccc1. The van der Waals surface area contributed by atoms with Gasteiger partial charge in [0.05, 0.1) is 6.10 Å². The van der Waals surface area contributed by atoms with E-state index in [0.29, 0.717) is 6.10 Å². The molecule has 1 heteroatoms. The molecule has 1 fully saturated rings. The van der Waals surface area contributed by atoms with Gasteiger partial charge in [0.2, 0.25) is 0 Å². The lowest BCUT2D eigenvalue weighted by Gasteiger charge is -2.06. The Labute approximate surface area is 98.8 Å². The summed E-state index contributed by atoms with van der Waals surface area (Å²) in [4.78, 5) is 0. The summed E-state index contributed by atoms with van der Waals surface area (Å²) in [6, 6.07) is 10.6. The van der Waals surface area contributed by atoms with Gasteiger partial charge in [-0.3, -0.25) is 0 Å². The Bertz CT molecular complexity index is 319. The van der Waals surface area contributed by atoms with Crippen LogP contribution in [0.3, 0.4) is 0 Å². The molecule has 2 rings (SSSR count). The second-order valence-electron chi connectivity index (χ2n) is 4.93. The van der Waals surface area contributed by atoms with Gasteiger partial charge in [-0.25, -0.2) is 0 Å². The van der Waals surface area contributed by atoms with E-state index in [4.69, 9.17) is 4.74 Å². The van der Waals surface area contributed by atoms with E-state index in [1.807, 2.05) is 0 Å². The molecule has 1 nitrogen and oxygen atoms in total. The van der Waals surface area contributed by atoms with Crippen molar-refractivity contribution in [3.05, 3.63) is 35.9 Å². The predicted molar refractivity (Wildman–Crippen MR) is 67.4 cm³/mol. The molecule has 2 atom stereocenters. The van der Waals surface area contributed by atoms with Crippen molar-refractivity contribution in [2.75, 3.05) is 0 Å². The highest BCUT2D eigenvalue weighted by molar-refractivity contribution is 5.27. The fourth-order valence-corrected chi connectivity index (χ4v) is 2.38. The fraction of sp³-hybridized carbons (Fsp3) is 0.600. The summed E-state index contributed by atoms with van der Waals surface area (Å²) in [7, 11) is 0. The third-order valence-corrected chi connectivity index (χ3v) is 3.61. The molecular weight excluding hydrogens is 196 g/mol. The van der Waals surface area contributed by atoms with E-state index >= 15 is 0 Å². The maximum absolute atomic E-state index is 5.87. The number of epoxide rings is 1. The highest BCUT2D eigenvalue weighted by Crippen LogP contribution is 2.48. The average Bonchev–Trinajstić information content (AvgIpc) is 2.99. The summed E-state index contributed by atoms with van der Waals surface area (Å²) in [6.07, 6.45) is 6.98. The Hall–Kier alpha value is -0.820. The van der Waals surface area contributed by atoms with Crippen molar-refractivity contribution >= 4 is 0 Å². The first kappa shape index (κ1) is 11.7. The van der Waals surface area contributed by atoms with Crippen LogP contribution in [0.1, 0.15) is 51.5 Å². The molecule has 0 bridgehead atoms. The highest BCUT2D eigenvalue weighted by Gasteiger charge is 2.52. The second-order valence-corrected chi connectivity index (χ2v) is 4.93. The van der Waals surface area contributed by atoms with Crippen LogP contribution in [0.2, 0.25) is 0 Å². The molecule has 1 saturated heterocycles. The number of rotatable bonds is 6. The summed E-state index contributed by atoms with van der Waals surface area (Å²) in [5, 5.41) is 0. The molecule has 0 spiro atoms. The third-order valence-electron chi connectivity index (χ3n) is 3.61. The van der Waals surface area contributed by atoms with Gasteiger partial charge in [0, 0.05) is 0 Å². The molecule has 0 aliphatic carbocycles. The van der Waals surface area contributed by atoms with Crippen molar-refractivity contribution in [1.82, 2.24) is 0 Å². The summed E-state index contributed by atoms with van der Waals surface area (Å²) in [5.74, 6) is 0. The van der Waals surface area contributed by atoms with E-state index in [1.165, 1.54) is 37.7 Å². The summed E-state index contributed by atoms with van der Waals surface area (Å²) in [5.41, 5.74) is 1.34. The Morgan fingerprint density at radius 2 is 1.88 bits per heavy atom. The molecule has 1 aliphatic rings. The normalized spacial score (nSPS) is 28.0. The van der Waals surface area contributed by atoms with Crippen LogP contribution in [0.4, 0.5) is 0 Å². The van der Waals surface area contributed by atoms with Crippen molar-refractivity contribution in [2.24, 2.45) is 0 Å². The van der Waals surface area contributed by atoms with Crippen LogP contribution < -0.4 is 0 Å². The minimum Gasteiger partial charge on any atom is -0.361 e.